The number of hydrogen-bond acceptors (Lipinski definition) is 7. The number of piperidine rings is 2. The third-order valence-electron chi connectivity index (χ3n) is 7.57. The Kier molecular flexibility index (Phi) is 7.84. The number of hydrogen-bond donors (Lipinski definition) is 1. The second-order valence-corrected chi connectivity index (χ2v) is 10.4. The van der Waals surface area contributed by atoms with Crippen LogP contribution in [0.2, 0.25) is 0 Å². The maximum Gasteiger partial charge on any atom is 0.229 e. The van der Waals surface area contributed by atoms with Gasteiger partial charge in [0.25, 0.3) is 0 Å². The first-order valence-corrected chi connectivity index (χ1v) is 14.2. The van der Waals surface area contributed by atoms with Crippen LogP contribution < -0.4 is 20.0 Å². The first-order chi connectivity index (χ1) is 19.3. The zero-order valence-electron chi connectivity index (χ0n) is 22.4. The molecule has 6 rings (SSSR count). The zero-order valence-corrected chi connectivity index (χ0v) is 22.4. The minimum absolute atomic E-state index is 0.531. The van der Waals surface area contributed by atoms with Crippen molar-refractivity contribution in [1.29, 1.82) is 0 Å². The molecule has 3 heterocycles. The lowest BCUT2D eigenvalue weighted by Crippen LogP contribution is -2.33. The first-order valence-electron chi connectivity index (χ1n) is 14.2. The van der Waals surface area contributed by atoms with Crippen molar-refractivity contribution in [2.75, 3.05) is 41.4 Å². The standard InChI is InChI=1S/C32H36N6O/c1-5-18-37(19-6-1)31-22-30(34-32(35-31)38-20-7-2-8-21-38)36-33-23-25-14-16-28(17-15-25)39-24-27-12-9-11-26-10-3-4-13-29(26)27/h3-4,9-17,22-23H,1-2,5-8,18-21,24H2,(H,34,35,36)/b33-23+. The molecular weight excluding hydrogens is 484 g/mol. The number of nitrogens with zero attached hydrogens (tertiary/aromatic N) is 5. The summed E-state index contributed by atoms with van der Waals surface area (Å²) in [6.07, 6.45) is 9.21. The lowest BCUT2D eigenvalue weighted by Gasteiger charge is -2.31. The predicted octanol–water partition coefficient (Wildman–Crippen LogP) is 6.64. The number of fused-ring (bicyclic) bond motifs is 1. The minimum Gasteiger partial charge on any atom is -0.489 e. The topological polar surface area (TPSA) is 65.9 Å². The Hall–Kier alpha value is -4.13. The minimum atomic E-state index is 0.531. The summed E-state index contributed by atoms with van der Waals surface area (Å²) in [6.45, 7) is 4.66. The maximum absolute atomic E-state index is 6.08. The van der Waals surface area contributed by atoms with Crippen LogP contribution in [-0.4, -0.2) is 42.4 Å². The molecule has 1 aromatic heterocycles. The Balaban J connectivity index is 1.11. The Bertz CT molecular complexity index is 1370. The quantitative estimate of drug-likeness (QED) is 0.208. The number of benzene rings is 3. The van der Waals surface area contributed by atoms with Gasteiger partial charge in [-0.3, -0.25) is 5.43 Å². The highest BCUT2D eigenvalue weighted by molar-refractivity contribution is 5.85. The third kappa shape index (κ3) is 6.30. The van der Waals surface area contributed by atoms with E-state index in [1.807, 2.05) is 36.5 Å². The lowest BCUT2D eigenvalue weighted by molar-refractivity contribution is 0.307. The summed E-state index contributed by atoms with van der Waals surface area (Å²) in [6, 6.07) is 24.8. The molecule has 3 aromatic carbocycles. The number of rotatable bonds is 8. The normalized spacial score (nSPS) is 16.1. The van der Waals surface area contributed by atoms with Crippen LogP contribution in [0.1, 0.15) is 49.7 Å². The van der Waals surface area contributed by atoms with Gasteiger partial charge in [0.2, 0.25) is 5.95 Å². The molecule has 2 fully saturated rings. The van der Waals surface area contributed by atoms with Gasteiger partial charge in [0.05, 0.1) is 6.21 Å². The Labute approximate surface area is 230 Å². The van der Waals surface area contributed by atoms with Crippen molar-refractivity contribution in [3.05, 3.63) is 83.9 Å². The fourth-order valence-corrected chi connectivity index (χ4v) is 5.40. The van der Waals surface area contributed by atoms with Crippen molar-refractivity contribution >= 4 is 34.6 Å². The van der Waals surface area contributed by atoms with E-state index in [0.717, 1.165) is 55.1 Å². The van der Waals surface area contributed by atoms with Crippen LogP contribution in [0.15, 0.2) is 77.9 Å². The van der Waals surface area contributed by atoms with E-state index >= 15 is 0 Å². The first kappa shape index (κ1) is 25.2. The summed E-state index contributed by atoms with van der Waals surface area (Å²) >= 11 is 0. The number of anilines is 3. The molecule has 1 N–H and O–H groups in total. The highest BCUT2D eigenvalue weighted by Crippen LogP contribution is 2.25. The van der Waals surface area contributed by atoms with Crippen LogP contribution >= 0.6 is 0 Å². The Morgan fingerprint density at radius 2 is 1.49 bits per heavy atom. The monoisotopic (exact) mass is 520 g/mol. The maximum atomic E-state index is 6.08. The zero-order chi connectivity index (χ0) is 26.3. The molecule has 4 aromatic rings. The number of nitrogens with one attached hydrogen (secondary N) is 1. The van der Waals surface area contributed by atoms with Crippen molar-refractivity contribution in [3.63, 3.8) is 0 Å². The van der Waals surface area contributed by atoms with Crippen molar-refractivity contribution in [2.45, 2.75) is 45.1 Å². The van der Waals surface area contributed by atoms with E-state index in [9.17, 15) is 0 Å². The molecule has 200 valence electrons. The molecule has 2 saturated heterocycles. The van der Waals surface area contributed by atoms with E-state index in [-0.39, 0.29) is 0 Å². The van der Waals surface area contributed by atoms with Gasteiger partial charge in [-0.1, -0.05) is 42.5 Å². The second kappa shape index (κ2) is 12.2. The van der Waals surface area contributed by atoms with Crippen LogP contribution in [0.5, 0.6) is 5.75 Å². The van der Waals surface area contributed by atoms with Gasteiger partial charge in [0, 0.05) is 32.2 Å². The van der Waals surface area contributed by atoms with E-state index in [0.29, 0.717) is 6.61 Å². The molecule has 2 aliphatic rings. The van der Waals surface area contributed by atoms with Crippen molar-refractivity contribution < 1.29 is 4.74 Å². The Morgan fingerprint density at radius 1 is 0.769 bits per heavy atom. The molecular formula is C32H36N6O. The van der Waals surface area contributed by atoms with Gasteiger partial charge in [-0.05, 0) is 84.7 Å². The smallest absolute Gasteiger partial charge is 0.229 e. The van der Waals surface area contributed by atoms with Crippen molar-refractivity contribution in [2.24, 2.45) is 5.10 Å². The van der Waals surface area contributed by atoms with E-state index in [4.69, 9.17) is 14.7 Å². The summed E-state index contributed by atoms with van der Waals surface area (Å²) in [7, 11) is 0. The largest absolute Gasteiger partial charge is 0.489 e. The molecule has 7 heteroatoms. The molecule has 0 atom stereocenters. The molecule has 7 nitrogen and oxygen atoms in total. The highest BCUT2D eigenvalue weighted by atomic mass is 16.5. The van der Waals surface area contributed by atoms with E-state index < -0.39 is 0 Å². The fourth-order valence-electron chi connectivity index (χ4n) is 5.40. The summed E-state index contributed by atoms with van der Waals surface area (Å²) in [4.78, 5) is 14.5. The van der Waals surface area contributed by atoms with Gasteiger partial charge in [-0.2, -0.15) is 15.1 Å². The lowest BCUT2D eigenvalue weighted by atomic mass is 10.1. The highest BCUT2D eigenvalue weighted by Gasteiger charge is 2.19. The van der Waals surface area contributed by atoms with Gasteiger partial charge in [0.1, 0.15) is 18.2 Å². The average Bonchev–Trinajstić information content (AvgIpc) is 3.01. The van der Waals surface area contributed by atoms with Crippen LogP contribution in [-0.2, 0) is 6.61 Å². The van der Waals surface area contributed by atoms with Crippen molar-refractivity contribution in [3.8, 4) is 5.75 Å². The number of aromatic nitrogens is 2. The summed E-state index contributed by atoms with van der Waals surface area (Å²) in [5, 5.41) is 6.96. The second-order valence-electron chi connectivity index (χ2n) is 10.4. The van der Waals surface area contributed by atoms with Crippen LogP contribution in [0.3, 0.4) is 0 Å². The molecule has 0 bridgehead atoms. The van der Waals surface area contributed by atoms with Gasteiger partial charge in [-0.15, -0.1) is 0 Å². The predicted molar refractivity (Wildman–Crippen MR) is 160 cm³/mol. The average molecular weight is 521 g/mol. The van der Waals surface area contributed by atoms with E-state index in [2.05, 4.69) is 62.8 Å². The van der Waals surface area contributed by atoms with E-state index in [1.165, 1.54) is 54.9 Å². The van der Waals surface area contributed by atoms with Gasteiger partial charge in [0.15, 0.2) is 5.82 Å². The molecule has 0 radical (unpaired) electrons. The van der Waals surface area contributed by atoms with Gasteiger partial charge in [-0.25, -0.2) is 0 Å². The Morgan fingerprint density at radius 3 is 2.28 bits per heavy atom. The molecule has 39 heavy (non-hydrogen) atoms. The van der Waals surface area contributed by atoms with Crippen molar-refractivity contribution in [1.82, 2.24) is 9.97 Å². The van der Waals surface area contributed by atoms with Gasteiger partial charge < -0.3 is 14.5 Å². The summed E-state index contributed by atoms with van der Waals surface area (Å²) < 4.78 is 6.08. The summed E-state index contributed by atoms with van der Waals surface area (Å²) in [5.41, 5.74) is 5.33. The fraction of sp³-hybridized carbons (Fsp3) is 0.344. The number of hydrazone groups is 1. The van der Waals surface area contributed by atoms with Gasteiger partial charge >= 0.3 is 0 Å². The molecule has 0 saturated carbocycles. The number of ether oxygens (including phenoxy) is 1. The molecule has 0 amide bonds. The van der Waals surface area contributed by atoms with Crippen LogP contribution in [0.25, 0.3) is 10.8 Å². The summed E-state index contributed by atoms with van der Waals surface area (Å²) in [5.74, 6) is 3.37. The SMILES string of the molecule is C(=N\Nc1cc(N2CCCCC2)nc(N2CCCCC2)n1)/c1ccc(OCc2cccc3ccccc23)cc1. The molecule has 0 spiro atoms. The van der Waals surface area contributed by atoms with Crippen LogP contribution in [0, 0.1) is 0 Å². The van der Waals surface area contributed by atoms with E-state index in [1.54, 1.807) is 0 Å². The third-order valence-corrected chi connectivity index (χ3v) is 7.57. The molecule has 2 aliphatic heterocycles. The molecule has 0 aliphatic carbocycles. The van der Waals surface area contributed by atoms with Crippen LogP contribution in [0.4, 0.5) is 17.6 Å². The molecule has 0 unspecified atom stereocenters.